The summed E-state index contributed by atoms with van der Waals surface area (Å²) >= 11 is 7.36. The number of rotatable bonds is 12. The van der Waals surface area contributed by atoms with Gasteiger partial charge >= 0.3 is 0 Å². The lowest BCUT2D eigenvalue weighted by atomic mass is 10.0. The van der Waals surface area contributed by atoms with Crippen LogP contribution in [0, 0.1) is 10.7 Å². The Balaban J connectivity index is 2.02. The van der Waals surface area contributed by atoms with Crippen molar-refractivity contribution in [3.8, 4) is 0 Å². The Morgan fingerprint density at radius 1 is 0.636 bits per heavy atom. The topological polar surface area (TPSA) is 20.2 Å². The van der Waals surface area contributed by atoms with Crippen LogP contribution in [0.15, 0.2) is 12.1 Å². The molecule has 4 heteroatoms. The van der Waals surface area contributed by atoms with Crippen molar-refractivity contribution in [2.75, 3.05) is 6.61 Å². The van der Waals surface area contributed by atoms with Gasteiger partial charge in [-0.3, -0.25) is 0 Å². The predicted molar refractivity (Wildman–Crippen MR) is 122 cm³/mol. The molecule has 22 heavy (non-hydrogen) atoms. The molecule has 0 spiro atoms. The zero-order valence-corrected chi connectivity index (χ0v) is 19.7. The SMILES string of the molecule is OCCCCCCCCCCCCc1c(I)cc(I)cc1I. The molecule has 0 saturated carbocycles. The summed E-state index contributed by atoms with van der Waals surface area (Å²) in [4.78, 5) is 0. The van der Waals surface area contributed by atoms with E-state index in [2.05, 4.69) is 79.9 Å². The molecular weight excluding hydrogens is 613 g/mol. The average Bonchev–Trinajstić information content (AvgIpc) is 2.46. The van der Waals surface area contributed by atoms with Crippen LogP contribution in [0.2, 0.25) is 0 Å². The molecule has 1 N–H and O–H groups in total. The molecule has 0 unspecified atom stereocenters. The number of unbranched alkanes of at least 4 members (excludes halogenated alkanes) is 9. The second-order valence-electron chi connectivity index (χ2n) is 5.86. The fourth-order valence-electron chi connectivity index (χ4n) is 2.64. The maximum atomic E-state index is 8.72. The van der Waals surface area contributed by atoms with Crippen molar-refractivity contribution in [1.29, 1.82) is 0 Å². The van der Waals surface area contributed by atoms with Crippen LogP contribution in [0.5, 0.6) is 0 Å². The highest BCUT2D eigenvalue weighted by Crippen LogP contribution is 2.24. The van der Waals surface area contributed by atoms with Crippen molar-refractivity contribution in [3.05, 3.63) is 28.4 Å². The van der Waals surface area contributed by atoms with Gasteiger partial charge in [-0.1, -0.05) is 51.4 Å². The summed E-state index contributed by atoms with van der Waals surface area (Å²) in [6.45, 7) is 0.360. The summed E-state index contributed by atoms with van der Waals surface area (Å²) in [7, 11) is 0. The maximum Gasteiger partial charge on any atom is 0.0431 e. The normalized spacial score (nSPS) is 11.1. The van der Waals surface area contributed by atoms with Crippen molar-refractivity contribution in [1.82, 2.24) is 0 Å². The Hall–Kier alpha value is 1.37. The van der Waals surface area contributed by atoms with E-state index in [0.717, 1.165) is 6.42 Å². The van der Waals surface area contributed by atoms with Gasteiger partial charge in [-0.25, -0.2) is 0 Å². The molecule has 0 radical (unpaired) electrons. The Kier molecular flexibility index (Phi) is 13.3. The van der Waals surface area contributed by atoms with E-state index in [-0.39, 0.29) is 0 Å². The van der Waals surface area contributed by atoms with Gasteiger partial charge in [0.25, 0.3) is 0 Å². The molecule has 0 bridgehead atoms. The third-order valence-electron chi connectivity index (χ3n) is 3.94. The van der Waals surface area contributed by atoms with Crippen LogP contribution in [0.3, 0.4) is 0 Å². The van der Waals surface area contributed by atoms with Crippen LogP contribution in [-0.4, -0.2) is 11.7 Å². The molecule has 126 valence electrons. The first kappa shape index (κ1) is 21.4. The summed E-state index contributed by atoms with van der Waals surface area (Å²) in [5.41, 5.74) is 1.55. The third-order valence-corrected chi connectivity index (χ3v) is 6.49. The Bertz CT molecular complexity index is 398. The minimum Gasteiger partial charge on any atom is -0.396 e. The summed E-state index contributed by atoms with van der Waals surface area (Å²) in [5.74, 6) is 0. The highest BCUT2D eigenvalue weighted by molar-refractivity contribution is 14.1. The van der Waals surface area contributed by atoms with Crippen LogP contribution in [-0.2, 0) is 6.42 Å². The van der Waals surface area contributed by atoms with E-state index in [0.29, 0.717) is 6.61 Å². The summed E-state index contributed by atoms with van der Waals surface area (Å²) in [6, 6.07) is 4.57. The fourth-order valence-corrected chi connectivity index (χ4v) is 6.76. The van der Waals surface area contributed by atoms with Crippen molar-refractivity contribution in [2.24, 2.45) is 0 Å². The smallest absolute Gasteiger partial charge is 0.0431 e. The molecule has 1 aromatic rings. The number of aliphatic hydroxyl groups excluding tert-OH is 1. The number of hydrogen-bond acceptors (Lipinski definition) is 1. The van der Waals surface area contributed by atoms with Crippen LogP contribution in [0.4, 0.5) is 0 Å². The van der Waals surface area contributed by atoms with Crippen LogP contribution < -0.4 is 0 Å². The summed E-state index contributed by atoms with van der Waals surface area (Å²) in [5, 5.41) is 8.72. The quantitative estimate of drug-likeness (QED) is 0.194. The van der Waals surface area contributed by atoms with Gasteiger partial charge in [0, 0.05) is 17.3 Å². The molecule has 0 saturated heterocycles. The van der Waals surface area contributed by atoms with E-state index in [4.69, 9.17) is 5.11 Å². The minimum absolute atomic E-state index is 0.360. The lowest BCUT2D eigenvalue weighted by molar-refractivity contribution is 0.282. The van der Waals surface area contributed by atoms with Gasteiger partial charge in [0.2, 0.25) is 0 Å². The summed E-state index contributed by atoms with van der Waals surface area (Å²) in [6.07, 6.45) is 14.3. The van der Waals surface area contributed by atoms with Gasteiger partial charge in [0.15, 0.2) is 0 Å². The third kappa shape index (κ3) is 9.61. The van der Waals surface area contributed by atoms with Crippen molar-refractivity contribution >= 4 is 67.8 Å². The zero-order valence-electron chi connectivity index (χ0n) is 13.2. The molecular formula is C18H27I3O. The van der Waals surface area contributed by atoms with Crippen LogP contribution >= 0.6 is 67.8 Å². The van der Waals surface area contributed by atoms with Crippen molar-refractivity contribution < 1.29 is 5.11 Å². The molecule has 0 aliphatic carbocycles. The van der Waals surface area contributed by atoms with Gasteiger partial charge in [0.05, 0.1) is 0 Å². The molecule has 0 heterocycles. The van der Waals surface area contributed by atoms with Gasteiger partial charge < -0.3 is 5.11 Å². The molecule has 0 fully saturated rings. The van der Waals surface area contributed by atoms with E-state index in [1.54, 1.807) is 5.56 Å². The minimum atomic E-state index is 0.360. The Labute approximate surface area is 176 Å². The second-order valence-corrected chi connectivity index (χ2v) is 9.43. The molecule has 0 aromatic heterocycles. The maximum absolute atomic E-state index is 8.72. The molecule has 0 aliphatic rings. The van der Waals surface area contributed by atoms with Gasteiger partial charge in [-0.15, -0.1) is 0 Å². The number of hydrogen-bond donors (Lipinski definition) is 1. The first-order valence-corrected chi connectivity index (χ1v) is 11.6. The van der Waals surface area contributed by atoms with E-state index in [1.165, 1.54) is 74.9 Å². The zero-order chi connectivity index (χ0) is 16.2. The second kappa shape index (κ2) is 13.6. The van der Waals surface area contributed by atoms with E-state index >= 15 is 0 Å². The number of benzene rings is 1. The highest BCUT2D eigenvalue weighted by atomic mass is 127. The van der Waals surface area contributed by atoms with Gasteiger partial charge in [-0.05, 0) is 105 Å². The van der Waals surface area contributed by atoms with Crippen molar-refractivity contribution in [2.45, 2.75) is 70.6 Å². The Morgan fingerprint density at radius 2 is 1.05 bits per heavy atom. The van der Waals surface area contributed by atoms with Crippen LogP contribution in [0.1, 0.15) is 69.8 Å². The molecule has 0 aliphatic heterocycles. The number of halogens is 3. The van der Waals surface area contributed by atoms with E-state index in [9.17, 15) is 0 Å². The summed E-state index contributed by atoms with van der Waals surface area (Å²) < 4.78 is 4.20. The van der Waals surface area contributed by atoms with E-state index < -0.39 is 0 Å². The molecule has 0 amide bonds. The molecule has 0 atom stereocenters. The predicted octanol–water partition coefficient (Wildman–Crippen LogP) is 6.94. The van der Waals surface area contributed by atoms with E-state index in [1.807, 2.05) is 0 Å². The Morgan fingerprint density at radius 3 is 1.50 bits per heavy atom. The monoisotopic (exact) mass is 640 g/mol. The van der Waals surface area contributed by atoms with Crippen molar-refractivity contribution in [3.63, 3.8) is 0 Å². The molecule has 1 rings (SSSR count). The lowest BCUT2D eigenvalue weighted by Gasteiger charge is -2.08. The largest absolute Gasteiger partial charge is 0.396 e. The fraction of sp³-hybridized carbons (Fsp3) is 0.667. The van der Waals surface area contributed by atoms with Crippen LogP contribution in [0.25, 0.3) is 0 Å². The average molecular weight is 640 g/mol. The standard InChI is InChI=1S/C18H27I3O/c19-15-13-17(20)16(18(21)14-15)11-9-7-5-3-1-2-4-6-8-10-12-22/h13-14,22H,1-12H2. The lowest BCUT2D eigenvalue weighted by Crippen LogP contribution is -1.95. The first-order chi connectivity index (χ1) is 10.6. The number of aliphatic hydroxyl groups is 1. The van der Waals surface area contributed by atoms with Gasteiger partial charge in [0.1, 0.15) is 0 Å². The highest BCUT2D eigenvalue weighted by Gasteiger charge is 2.06. The molecule has 1 aromatic carbocycles. The molecule has 1 nitrogen and oxygen atoms in total. The van der Waals surface area contributed by atoms with Gasteiger partial charge in [-0.2, -0.15) is 0 Å². The first-order valence-electron chi connectivity index (χ1n) is 8.39.